The first kappa shape index (κ1) is 5.90. The summed E-state index contributed by atoms with van der Waals surface area (Å²) in [5.41, 5.74) is 0. The molecular weight excluding hydrogens is 146 g/mol. The van der Waals surface area contributed by atoms with Crippen molar-refractivity contribution in [3.63, 3.8) is 0 Å². The Bertz CT molecular complexity index is 282. The summed E-state index contributed by atoms with van der Waals surface area (Å²) in [5.74, 6) is 0. The summed E-state index contributed by atoms with van der Waals surface area (Å²) in [6, 6.07) is 5.89. The van der Waals surface area contributed by atoms with Crippen molar-refractivity contribution in [1.82, 2.24) is 0 Å². The van der Waals surface area contributed by atoms with Crippen molar-refractivity contribution in [3.05, 3.63) is 21.9 Å². The number of nitriles is 1. The molecule has 0 saturated carbocycles. The van der Waals surface area contributed by atoms with Gasteiger partial charge < -0.3 is 4.74 Å². The summed E-state index contributed by atoms with van der Waals surface area (Å²) in [4.78, 5) is 1.95. The van der Waals surface area contributed by atoms with Crippen molar-refractivity contribution in [2.45, 2.75) is 6.10 Å². The van der Waals surface area contributed by atoms with Crippen molar-refractivity contribution < 1.29 is 4.74 Å². The van der Waals surface area contributed by atoms with Crippen molar-refractivity contribution in [2.24, 2.45) is 0 Å². The van der Waals surface area contributed by atoms with E-state index in [0.29, 0.717) is 6.10 Å². The fraction of sp³-hybridized carbons (Fsp3) is 0.286. The Morgan fingerprint density at radius 2 is 2.50 bits per heavy atom. The van der Waals surface area contributed by atoms with Crippen LogP contribution in [0, 0.1) is 11.3 Å². The average Bonchev–Trinajstić information content (AvgIpc) is 2.70. The highest BCUT2D eigenvalue weighted by Crippen LogP contribution is 2.34. The van der Waals surface area contributed by atoms with E-state index in [0.717, 1.165) is 11.5 Å². The highest BCUT2D eigenvalue weighted by atomic mass is 32.1. The summed E-state index contributed by atoms with van der Waals surface area (Å²) < 4.78 is 5.05. The molecule has 0 N–H and O–H groups in total. The van der Waals surface area contributed by atoms with Crippen LogP contribution in [0.15, 0.2) is 12.1 Å². The molecule has 1 aliphatic heterocycles. The quantitative estimate of drug-likeness (QED) is 0.572. The molecule has 10 heavy (non-hydrogen) atoms. The molecule has 0 unspecified atom stereocenters. The van der Waals surface area contributed by atoms with Crippen molar-refractivity contribution in [1.29, 1.82) is 5.26 Å². The Hall–Kier alpha value is -0.850. The molecule has 1 aliphatic rings. The van der Waals surface area contributed by atoms with E-state index >= 15 is 0 Å². The molecule has 0 spiro atoms. The van der Waals surface area contributed by atoms with E-state index in [-0.39, 0.29) is 0 Å². The molecular formula is C7H5NOS. The highest BCUT2D eigenvalue weighted by Gasteiger charge is 2.26. The smallest absolute Gasteiger partial charge is 0.115 e. The molecule has 0 aliphatic carbocycles. The van der Waals surface area contributed by atoms with Crippen LogP contribution >= 0.6 is 11.3 Å². The van der Waals surface area contributed by atoms with Gasteiger partial charge in [0.15, 0.2) is 0 Å². The Kier molecular flexibility index (Phi) is 1.23. The van der Waals surface area contributed by atoms with Gasteiger partial charge in [-0.1, -0.05) is 0 Å². The number of nitrogens with zero attached hydrogens (tertiary/aromatic N) is 1. The molecule has 50 valence electrons. The zero-order valence-corrected chi connectivity index (χ0v) is 6.02. The van der Waals surface area contributed by atoms with Crippen molar-refractivity contribution in [3.8, 4) is 6.07 Å². The van der Waals surface area contributed by atoms with Gasteiger partial charge in [-0.15, -0.1) is 11.3 Å². The third-order valence-electron chi connectivity index (χ3n) is 1.39. The summed E-state index contributed by atoms with van der Waals surface area (Å²) >= 11 is 1.52. The zero-order chi connectivity index (χ0) is 6.97. The van der Waals surface area contributed by atoms with Crippen LogP contribution in [-0.2, 0) is 4.74 Å². The monoisotopic (exact) mass is 151 g/mol. The minimum atomic E-state index is 0.298. The second kappa shape index (κ2) is 2.08. The number of thiophene rings is 1. The van der Waals surface area contributed by atoms with Crippen LogP contribution in [0.1, 0.15) is 15.9 Å². The van der Waals surface area contributed by atoms with E-state index in [4.69, 9.17) is 10.00 Å². The lowest BCUT2D eigenvalue weighted by atomic mass is 10.4. The predicted molar refractivity (Wildman–Crippen MR) is 37.7 cm³/mol. The topological polar surface area (TPSA) is 36.3 Å². The molecule has 1 aromatic heterocycles. The molecule has 1 fully saturated rings. The summed E-state index contributed by atoms with van der Waals surface area (Å²) in [5, 5.41) is 8.47. The average molecular weight is 151 g/mol. The minimum Gasteiger partial charge on any atom is -0.367 e. The number of hydrogen-bond acceptors (Lipinski definition) is 3. The van der Waals surface area contributed by atoms with E-state index in [1.165, 1.54) is 16.2 Å². The first-order valence-electron chi connectivity index (χ1n) is 3.01. The molecule has 2 nitrogen and oxygen atoms in total. The molecule has 2 rings (SSSR count). The van der Waals surface area contributed by atoms with Gasteiger partial charge in [-0.25, -0.2) is 0 Å². The van der Waals surface area contributed by atoms with E-state index in [9.17, 15) is 0 Å². The largest absolute Gasteiger partial charge is 0.367 e. The van der Waals surface area contributed by atoms with E-state index in [1.54, 1.807) is 0 Å². The fourth-order valence-corrected chi connectivity index (χ4v) is 1.64. The lowest BCUT2D eigenvalue weighted by Crippen LogP contribution is -1.66. The van der Waals surface area contributed by atoms with Gasteiger partial charge in [-0.05, 0) is 12.1 Å². The third kappa shape index (κ3) is 0.919. The van der Waals surface area contributed by atoms with Crippen LogP contribution in [-0.4, -0.2) is 6.61 Å². The molecule has 3 heteroatoms. The molecule has 0 amide bonds. The van der Waals surface area contributed by atoms with E-state index in [1.807, 2.05) is 12.1 Å². The lowest BCUT2D eigenvalue weighted by molar-refractivity contribution is 0.418. The van der Waals surface area contributed by atoms with E-state index < -0.39 is 0 Å². The first-order valence-corrected chi connectivity index (χ1v) is 3.83. The standard InChI is InChI=1S/C7H5NOS/c8-3-5-1-2-7(10-5)6-4-9-6/h1-2,6H,4H2/t6-/m0/s1. The molecule has 1 atom stereocenters. The number of ether oxygens (including phenoxy) is 1. The van der Waals surface area contributed by atoms with Crippen molar-refractivity contribution in [2.75, 3.05) is 6.61 Å². The fourth-order valence-electron chi connectivity index (χ4n) is 0.798. The van der Waals surface area contributed by atoms with Crippen LogP contribution in [0.5, 0.6) is 0 Å². The molecule has 0 bridgehead atoms. The Morgan fingerprint density at radius 1 is 1.70 bits per heavy atom. The maximum Gasteiger partial charge on any atom is 0.115 e. The number of rotatable bonds is 1. The molecule has 0 aromatic carbocycles. The second-order valence-corrected chi connectivity index (χ2v) is 3.25. The second-order valence-electron chi connectivity index (χ2n) is 2.14. The van der Waals surface area contributed by atoms with Gasteiger partial charge in [0.25, 0.3) is 0 Å². The van der Waals surface area contributed by atoms with Crippen LogP contribution < -0.4 is 0 Å². The Morgan fingerprint density at radius 3 is 3.00 bits per heavy atom. The SMILES string of the molecule is N#Cc1ccc([C@@H]2CO2)s1. The summed E-state index contributed by atoms with van der Waals surface area (Å²) in [6.07, 6.45) is 0.298. The van der Waals surface area contributed by atoms with Crippen molar-refractivity contribution >= 4 is 11.3 Å². The Labute approximate surface area is 62.7 Å². The maximum absolute atomic E-state index is 8.47. The predicted octanol–water partition coefficient (Wildman–Crippen LogP) is 1.69. The number of epoxide rings is 1. The number of hydrogen-bond donors (Lipinski definition) is 0. The van der Waals surface area contributed by atoms with Crippen LogP contribution in [0.2, 0.25) is 0 Å². The minimum absolute atomic E-state index is 0.298. The maximum atomic E-state index is 8.47. The van der Waals surface area contributed by atoms with Gasteiger partial charge in [0, 0.05) is 4.88 Å². The van der Waals surface area contributed by atoms with Gasteiger partial charge in [0.2, 0.25) is 0 Å². The molecule has 1 aromatic rings. The van der Waals surface area contributed by atoms with Gasteiger partial charge in [-0.2, -0.15) is 5.26 Å². The van der Waals surface area contributed by atoms with Gasteiger partial charge in [0.1, 0.15) is 17.1 Å². The highest BCUT2D eigenvalue weighted by molar-refractivity contribution is 7.12. The first-order chi connectivity index (χ1) is 4.90. The zero-order valence-electron chi connectivity index (χ0n) is 5.20. The normalized spacial score (nSPS) is 22.1. The lowest BCUT2D eigenvalue weighted by Gasteiger charge is -1.80. The Balaban J connectivity index is 2.29. The summed E-state index contributed by atoms with van der Waals surface area (Å²) in [7, 11) is 0. The molecule has 2 heterocycles. The molecule has 1 saturated heterocycles. The third-order valence-corrected chi connectivity index (χ3v) is 2.47. The van der Waals surface area contributed by atoms with Gasteiger partial charge in [-0.3, -0.25) is 0 Å². The van der Waals surface area contributed by atoms with Crippen LogP contribution in [0.25, 0.3) is 0 Å². The molecule has 0 radical (unpaired) electrons. The van der Waals surface area contributed by atoms with Crippen LogP contribution in [0.4, 0.5) is 0 Å². The van der Waals surface area contributed by atoms with Gasteiger partial charge in [0.05, 0.1) is 6.61 Å². The van der Waals surface area contributed by atoms with E-state index in [2.05, 4.69) is 6.07 Å². The van der Waals surface area contributed by atoms with Crippen LogP contribution in [0.3, 0.4) is 0 Å². The summed E-state index contributed by atoms with van der Waals surface area (Å²) in [6.45, 7) is 0.825. The van der Waals surface area contributed by atoms with Gasteiger partial charge >= 0.3 is 0 Å².